The molecule has 0 fully saturated rings. The second kappa shape index (κ2) is 7.63. The Hall–Kier alpha value is -2.13. The van der Waals surface area contributed by atoms with Gasteiger partial charge in [-0.1, -0.05) is 17.8 Å². The lowest BCUT2D eigenvalue weighted by atomic mass is 10.2. The highest BCUT2D eigenvalue weighted by Crippen LogP contribution is 2.28. The smallest absolute Gasteiger partial charge is 0.263 e. The molecular weight excluding hydrogens is 348 g/mol. The van der Waals surface area contributed by atoms with Crippen LogP contribution < -0.4 is 16.6 Å². The second-order valence-corrected chi connectivity index (χ2v) is 7.24. The number of nitrogens with one attached hydrogen (secondary N) is 1. The molecule has 2 aromatic rings. The van der Waals surface area contributed by atoms with Crippen LogP contribution in [0.5, 0.6) is 0 Å². The molecule has 0 spiro atoms. The SMILES string of the molecule is C=CCn1c(SCC(=O)NCC(N)=O)nc2sc(C)c(C)c2c1=O. The summed E-state index contributed by atoms with van der Waals surface area (Å²) in [5.41, 5.74) is 5.78. The molecule has 0 unspecified atom stereocenters. The van der Waals surface area contributed by atoms with Crippen LogP contribution in [0.15, 0.2) is 22.6 Å². The van der Waals surface area contributed by atoms with Gasteiger partial charge in [-0.25, -0.2) is 4.98 Å². The van der Waals surface area contributed by atoms with Gasteiger partial charge >= 0.3 is 0 Å². The minimum absolute atomic E-state index is 0.0334. The van der Waals surface area contributed by atoms with Crippen LogP contribution in [0.2, 0.25) is 0 Å². The first-order valence-electron chi connectivity index (χ1n) is 7.14. The molecular formula is C15H18N4O3S2. The fourth-order valence-corrected chi connectivity index (χ4v) is 3.98. The number of amides is 2. The van der Waals surface area contributed by atoms with Gasteiger partial charge < -0.3 is 11.1 Å². The summed E-state index contributed by atoms with van der Waals surface area (Å²) >= 11 is 2.59. The monoisotopic (exact) mass is 366 g/mol. The summed E-state index contributed by atoms with van der Waals surface area (Å²) in [6.07, 6.45) is 1.61. The summed E-state index contributed by atoms with van der Waals surface area (Å²) in [5, 5.41) is 3.46. The Kier molecular flexibility index (Phi) is 5.79. The van der Waals surface area contributed by atoms with Crippen LogP contribution in [0.4, 0.5) is 0 Å². The average molecular weight is 366 g/mol. The predicted molar refractivity (Wildman–Crippen MR) is 96.5 cm³/mol. The lowest BCUT2D eigenvalue weighted by Gasteiger charge is -2.10. The Morgan fingerprint density at radius 3 is 2.79 bits per heavy atom. The van der Waals surface area contributed by atoms with Gasteiger partial charge in [0.25, 0.3) is 5.56 Å². The van der Waals surface area contributed by atoms with Crippen molar-refractivity contribution in [2.45, 2.75) is 25.5 Å². The van der Waals surface area contributed by atoms with E-state index in [2.05, 4.69) is 16.9 Å². The molecule has 2 heterocycles. The van der Waals surface area contributed by atoms with E-state index in [4.69, 9.17) is 5.73 Å². The molecule has 9 heteroatoms. The van der Waals surface area contributed by atoms with Crippen molar-refractivity contribution < 1.29 is 9.59 Å². The normalized spacial score (nSPS) is 10.8. The minimum Gasteiger partial charge on any atom is -0.368 e. The van der Waals surface area contributed by atoms with Gasteiger partial charge in [0.2, 0.25) is 11.8 Å². The van der Waals surface area contributed by atoms with Crippen molar-refractivity contribution in [3.8, 4) is 0 Å². The largest absolute Gasteiger partial charge is 0.368 e. The van der Waals surface area contributed by atoms with Gasteiger partial charge in [0.1, 0.15) is 4.83 Å². The van der Waals surface area contributed by atoms with Crippen LogP contribution in [0, 0.1) is 13.8 Å². The van der Waals surface area contributed by atoms with E-state index < -0.39 is 5.91 Å². The molecule has 0 aliphatic carbocycles. The third-order valence-electron chi connectivity index (χ3n) is 3.36. The van der Waals surface area contributed by atoms with Crippen LogP contribution in [0.1, 0.15) is 10.4 Å². The van der Waals surface area contributed by atoms with E-state index in [0.717, 1.165) is 22.2 Å². The first-order valence-corrected chi connectivity index (χ1v) is 8.94. The number of rotatable bonds is 7. The highest BCUT2D eigenvalue weighted by molar-refractivity contribution is 7.99. The van der Waals surface area contributed by atoms with Crippen molar-refractivity contribution in [2.24, 2.45) is 5.73 Å². The number of nitrogens with two attached hydrogens (primary N) is 1. The summed E-state index contributed by atoms with van der Waals surface area (Å²) in [6.45, 7) is 7.61. The summed E-state index contributed by atoms with van der Waals surface area (Å²) in [7, 11) is 0. The Labute approximate surface area is 146 Å². The maximum absolute atomic E-state index is 12.7. The Morgan fingerprint density at radius 1 is 1.46 bits per heavy atom. The van der Waals surface area contributed by atoms with E-state index in [9.17, 15) is 14.4 Å². The summed E-state index contributed by atoms with van der Waals surface area (Å²) in [5.74, 6) is -0.927. The Morgan fingerprint density at radius 2 is 2.17 bits per heavy atom. The van der Waals surface area contributed by atoms with Crippen molar-refractivity contribution in [2.75, 3.05) is 12.3 Å². The lowest BCUT2D eigenvalue weighted by Crippen LogP contribution is -2.34. The maximum atomic E-state index is 12.7. The summed E-state index contributed by atoms with van der Waals surface area (Å²) in [6, 6.07) is 0. The zero-order valence-corrected chi connectivity index (χ0v) is 15.1. The minimum atomic E-state index is -0.610. The molecule has 0 saturated carbocycles. The molecule has 0 bridgehead atoms. The number of allylic oxidation sites excluding steroid dienone is 1. The van der Waals surface area contributed by atoms with Crippen LogP contribution >= 0.6 is 23.1 Å². The number of hydrogen-bond acceptors (Lipinski definition) is 6. The number of aromatic nitrogens is 2. The molecule has 2 amide bonds. The molecule has 0 saturated heterocycles. The van der Waals surface area contributed by atoms with E-state index in [1.807, 2.05) is 13.8 Å². The number of aryl methyl sites for hydroxylation is 2. The maximum Gasteiger partial charge on any atom is 0.263 e. The van der Waals surface area contributed by atoms with E-state index in [1.165, 1.54) is 15.9 Å². The fourth-order valence-electron chi connectivity index (χ4n) is 2.08. The van der Waals surface area contributed by atoms with Crippen LogP contribution in [-0.2, 0) is 16.1 Å². The zero-order valence-electron chi connectivity index (χ0n) is 13.4. The number of thiophene rings is 1. The number of carbonyl (C=O) groups is 2. The van der Waals surface area contributed by atoms with Gasteiger partial charge in [-0.15, -0.1) is 17.9 Å². The van der Waals surface area contributed by atoms with E-state index >= 15 is 0 Å². The molecule has 0 aliphatic rings. The standard InChI is InChI=1S/C15H18N4O3S2/c1-4-5-19-14(22)12-8(2)9(3)24-13(12)18-15(19)23-7-11(21)17-6-10(16)20/h4H,1,5-7H2,2-3H3,(H2,16,20)(H,17,21). The topological polar surface area (TPSA) is 107 Å². The number of nitrogens with zero attached hydrogens (tertiary/aromatic N) is 2. The van der Waals surface area contributed by atoms with Crippen molar-refractivity contribution >= 4 is 45.1 Å². The molecule has 3 N–H and O–H groups in total. The van der Waals surface area contributed by atoms with Gasteiger partial charge in [-0.3, -0.25) is 19.0 Å². The number of hydrogen-bond donors (Lipinski definition) is 2. The quantitative estimate of drug-likeness (QED) is 0.431. The lowest BCUT2D eigenvalue weighted by molar-refractivity contribution is -0.123. The molecule has 0 aromatic carbocycles. The van der Waals surface area contributed by atoms with Crippen molar-refractivity contribution in [3.63, 3.8) is 0 Å². The van der Waals surface area contributed by atoms with Gasteiger partial charge in [0.05, 0.1) is 17.7 Å². The predicted octanol–water partition coefficient (Wildman–Crippen LogP) is 0.954. The highest BCUT2D eigenvalue weighted by Gasteiger charge is 2.17. The van der Waals surface area contributed by atoms with Gasteiger partial charge in [0, 0.05) is 11.4 Å². The van der Waals surface area contributed by atoms with Crippen LogP contribution in [-0.4, -0.2) is 33.7 Å². The molecule has 0 atom stereocenters. The van der Waals surface area contributed by atoms with Gasteiger partial charge in [-0.2, -0.15) is 0 Å². The summed E-state index contributed by atoms with van der Waals surface area (Å²) < 4.78 is 1.50. The highest BCUT2D eigenvalue weighted by atomic mass is 32.2. The van der Waals surface area contributed by atoms with Crippen molar-refractivity contribution in [1.29, 1.82) is 0 Å². The number of carbonyl (C=O) groups excluding carboxylic acids is 2. The third kappa shape index (κ3) is 3.85. The zero-order chi connectivity index (χ0) is 17.9. The van der Waals surface area contributed by atoms with E-state index in [1.54, 1.807) is 6.08 Å². The number of thioether (sulfide) groups is 1. The van der Waals surface area contributed by atoms with Crippen molar-refractivity contribution in [3.05, 3.63) is 33.4 Å². The fraction of sp³-hybridized carbons (Fsp3) is 0.333. The molecule has 2 aromatic heterocycles. The Balaban J connectivity index is 2.33. The van der Waals surface area contributed by atoms with Gasteiger partial charge in [-0.05, 0) is 19.4 Å². The average Bonchev–Trinajstić information content (AvgIpc) is 2.81. The van der Waals surface area contributed by atoms with Crippen LogP contribution in [0.25, 0.3) is 10.2 Å². The molecule has 0 radical (unpaired) electrons. The van der Waals surface area contributed by atoms with Crippen molar-refractivity contribution in [1.82, 2.24) is 14.9 Å². The van der Waals surface area contributed by atoms with Crippen LogP contribution in [0.3, 0.4) is 0 Å². The summed E-state index contributed by atoms with van der Waals surface area (Å²) in [4.78, 5) is 41.4. The third-order valence-corrected chi connectivity index (χ3v) is 5.44. The van der Waals surface area contributed by atoms with Gasteiger partial charge in [0.15, 0.2) is 5.16 Å². The number of fused-ring (bicyclic) bond motifs is 1. The molecule has 128 valence electrons. The number of primary amides is 1. The first kappa shape index (κ1) is 18.2. The molecule has 2 rings (SSSR count). The second-order valence-electron chi connectivity index (χ2n) is 5.09. The van der Waals surface area contributed by atoms with E-state index in [-0.39, 0.29) is 23.8 Å². The Bertz CT molecular complexity index is 870. The molecule has 24 heavy (non-hydrogen) atoms. The first-order chi connectivity index (χ1) is 11.3. The van der Waals surface area contributed by atoms with E-state index in [0.29, 0.717) is 21.9 Å². The molecule has 7 nitrogen and oxygen atoms in total. The molecule has 0 aliphatic heterocycles.